The first-order valence-corrected chi connectivity index (χ1v) is 7.22. The molecule has 3 heteroatoms. The molecule has 0 fully saturated rings. The number of thioether (sulfide) groups is 1. The molecule has 0 saturated carbocycles. The van der Waals surface area contributed by atoms with Crippen LogP contribution in [0.3, 0.4) is 0 Å². The van der Waals surface area contributed by atoms with E-state index in [4.69, 9.17) is 10.5 Å². The maximum Gasteiger partial charge on any atom is 0.122 e. The third kappa shape index (κ3) is 3.65. The zero-order chi connectivity index (χ0) is 13.1. The average Bonchev–Trinajstić information content (AvgIpc) is 2.27. The number of nitrogens with two attached hydrogens (primary N) is 1. The lowest BCUT2D eigenvalue weighted by Crippen LogP contribution is -2.17. The third-order valence-corrected chi connectivity index (χ3v) is 3.50. The van der Waals surface area contributed by atoms with Gasteiger partial charge in [0.1, 0.15) is 5.75 Å². The molecule has 2 nitrogen and oxygen atoms in total. The van der Waals surface area contributed by atoms with E-state index in [1.165, 1.54) is 11.1 Å². The van der Waals surface area contributed by atoms with Gasteiger partial charge < -0.3 is 10.5 Å². The number of ether oxygens (including phenoxy) is 1. The first kappa shape index (κ1) is 14.4. The predicted octanol–water partition coefficient (Wildman–Crippen LogP) is 3.36. The summed E-state index contributed by atoms with van der Waals surface area (Å²) in [5, 5.41) is 0. The Hall–Kier alpha value is -0.670. The molecule has 96 valence electrons. The molecule has 0 spiro atoms. The van der Waals surface area contributed by atoms with Crippen LogP contribution in [0.15, 0.2) is 18.2 Å². The van der Waals surface area contributed by atoms with Crippen LogP contribution in [-0.2, 0) is 5.41 Å². The Bertz CT molecular complexity index is 371. The fourth-order valence-corrected chi connectivity index (χ4v) is 2.37. The fourth-order valence-electron chi connectivity index (χ4n) is 1.82. The van der Waals surface area contributed by atoms with Crippen LogP contribution in [0.4, 0.5) is 0 Å². The number of hydrogen-bond donors (Lipinski definition) is 1. The normalized spacial score (nSPS) is 13.5. The van der Waals surface area contributed by atoms with E-state index < -0.39 is 0 Å². The van der Waals surface area contributed by atoms with E-state index in [-0.39, 0.29) is 11.5 Å². The van der Waals surface area contributed by atoms with Gasteiger partial charge in [-0.15, -0.1) is 0 Å². The van der Waals surface area contributed by atoms with Crippen molar-refractivity contribution >= 4 is 11.8 Å². The molecule has 0 saturated heterocycles. The van der Waals surface area contributed by atoms with Gasteiger partial charge in [-0.1, -0.05) is 26.8 Å². The summed E-state index contributed by atoms with van der Waals surface area (Å²) in [6.45, 7) is 6.57. The molecule has 0 bridgehead atoms. The van der Waals surface area contributed by atoms with Gasteiger partial charge in [0.2, 0.25) is 0 Å². The highest BCUT2D eigenvalue weighted by Gasteiger charge is 2.20. The molecule has 1 atom stereocenters. The number of benzene rings is 1. The predicted molar refractivity (Wildman–Crippen MR) is 77.0 cm³/mol. The van der Waals surface area contributed by atoms with Gasteiger partial charge >= 0.3 is 0 Å². The number of hydrogen-bond acceptors (Lipinski definition) is 3. The number of rotatable bonds is 4. The quantitative estimate of drug-likeness (QED) is 0.893. The van der Waals surface area contributed by atoms with Gasteiger partial charge in [0.25, 0.3) is 0 Å². The van der Waals surface area contributed by atoms with E-state index in [9.17, 15) is 0 Å². The van der Waals surface area contributed by atoms with Crippen LogP contribution in [0.5, 0.6) is 5.75 Å². The highest BCUT2D eigenvalue weighted by molar-refractivity contribution is 7.98. The van der Waals surface area contributed by atoms with Gasteiger partial charge in [0.15, 0.2) is 0 Å². The van der Waals surface area contributed by atoms with Crippen molar-refractivity contribution in [2.45, 2.75) is 32.2 Å². The van der Waals surface area contributed by atoms with E-state index in [2.05, 4.69) is 39.2 Å². The molecule has 0 aliphatic rings. The highest BCUT2D eigenvalue weighted by atomic mass is 32.2. The molecule has 0 aliphatic heterocycles. The minimum atomic E-state index is 0.0699. The second-order valence-electron chi connectivity index (χ2n) is 5.27. The van der Waals surface area contributed by atoms with E-state index in [0.29, 0.717) is 0 Å². The summed E-state index contributed by atoms with van der Waals surface area (Å²) < 4.78 is 5.42. The lowest BCUT2D eigenvalue weighted by atomic mass is 9.85. The fraction of sp³-hybridized carbons (Fsp3) is 0.571. The van der Waals surface area contributed by atoms with Crippen LogP contribution in [0.25, 0.3) is 0 Å². The summed E-state index contributed by atoms with van der Waals surface area (Å²) in [4.78, 5) is 0. The number of methoxy groups -OCH3 is 1. The van der Waals surface area contributed by atoms with Crippen LogP contribution in [-0.4, -0.2) is 19.1 Å². The van der Waals surface area contributed by atoms with Crippen LogP contribution in [0.2, 0.25) is 0 Å². The standard InChI is InChI=1S/C14H23NOS/c1-14(2,3)11-8-10(12(15)9-17-5)6-7-13(11)16-4/h6-8,12H,9,15H2,1-5H3. The molecule has 0 aromatic heterocycles. The summed E-state index contributed by atoms with van der Waals surface area (Å²) in [7, 11) is 1.71. The molecule has 0 amide bonds. The SMILES string of the molecule is COc1ccc(C(N)CSC)cc1C(C)(C)C. The van der Waals surface area contributed by atoms with E-state index in [1.807, 2.05) is 6.07 Å². The van der Waals surface area contributed by atoms with Gasteiger partial charge in [0, 0.05) is 11.8 Å². The van der Waals surface area contributed by atoms with Crippen molar-refractivity contribution < 1.29 is 4.74 Å². The topological polar surface area (TPSA) is 35.2 Å². The molecule has 17 heavy (non-hydrogen) atoms. The van der Waals surface area contributed by atoms with Crippen molar-refractivity contribution in [3.05, 3.63) is 29.3 Å². The lowest BCUT2D eigenvalue weighted by Gasteiger charge is -2.24. The molecule has 1 aromatic rings. The third-order valence-electron chi connectivity index (χ3n) is 2.81. The van der Waals surface area contributed by atoms with Gasteiger partial charge in [-0.05, 0) is 34.9 Å². The first-order valence-electron chi connectivity index (χ1n) is 5.83. The maximum atomic E-state index is 6.15. The van der Waals surface area contributed by atoms with Crippen LogP contribution in [0, 0.1) is 0 Å². The minimum Gasteiger partial charge on any atom is -0.496 e. The monoisotopic (exact) mass is 253 g/mol. The van der Waals surface area contributed by atoms with Crippen molar-refractivity contribution in [2.24, 2.45) is 5.73 Å². The van der Waals surface area contributed by atoms with Crippen molar-refractivity contribution in [3.63, 3.8) is 0 Å². The Morgan fingerprint density at radius 3 is 2.47 bits per heavy atom. The van der Waals surface area contributed by atoms with Crippen molar-refractivity contribution in [2.75, 3.05) is 19.1 Å². The van der Waals surface area contributed by atoms with Crippen molar-refractivity contribution in [3.8, 4) is 5.75 Å². The van der Waals surface area contributed by atoms with E-state index in [0.717, 1.165) is 11.5 Å². The highest BCUT2D eigenvalue weighted by Crippen LogP contribution is 2.33. The Morgan fingerprint density at radius 2 is 2.00 bits per heavy atom. The molecular weight excluding hydrogens is 230 g/mol. The summed E-state index contributed by atoms with van der Waals surface area (Å²) in [6.07, 6.45) is 2.08. The molecule has 1 aromatic carbocycles. The van der Waals surface area contributed by atoms with Crippen LogP contribution < -0.4 is 10.5 Å². The summed E-state index contributed by atoms with van der Waals surface area (Å²) in [5.74, 6) is 1.88. The average molecular weight is 253 g/mol. The zero-order valence-corrected chi connectivity index (χ0v) is 12.2. The molecule has 1 rings (SSSR count). The van der Waals surface area contributed by atoms with Crippen molar-refractivity contribution in [1.29, 1.82) is 0 Å². The molecule has 0 radical (unpaired) electrons. The van der Waals surface area contributed by atoms with Crippen LogP contribution in [0.1, 0.15) is 37.9 Å². The molecule has 0 aliphatic carbocycles. The Balaban J connectivity index is 3.13. The summed E-state index contributed by atoms with van der Waals surface area (Å²) >= 11 is 1.77. The molecule has 0 heterocycles. The summed E-state index contributed by atoms with van der Waals surface area (Å²) in [6, 6.07) is 6.36. The molecule has 2 N–H and O–H groups in total. The maximum absolute atomic E-state index is 6.15. The molecular formula is C14H23NOS. The minimum absolute atomic E-state index is 0.0699. The second kappa shape index (κ2) is 5.78. The Morgan fingerprint density at radius 1 is 1.35 bits per heavy atom. The Kier molecular flexibility index (Phi) is 4.90. The summed E-state index contributed by atoms with van der Waals surface area (Å²) in [5.41, 5.74) is 8.62. The van der Waals surface area contributed by atoms with Gasteiger partial charge in [0.05, 0.1) is 7.11 Å². The van der Waals surface area contributed by atoms with Gasteiger partial charge in [-0.25, -0.2) is 0 Å². The second-order valence-corrected chi connectivity index (χ2v) is 6.18. The smallest absolute Gasteiger partial charge is 0.122 e. The first-order chi connectivity index (χ1) is 7.90. The van der Waals surface area contributed by atoms with E-state index >= 15 is 0 Å². The van der Waals surface area contributed by atoms with Gasteiger partial charge in [-0.3, -0.25) is 0 Å². The largest absolute Gasteiger partial charge is 0.496 e. The van der Waals surface area contributed by atoms with Gasteiger partial charge in [-0.2, -0.15) is 11.8 Å². The lowest BCUT2D eigenvalue weighted by molar-refractivity contribution is 0.397. The Labute approximate surface area is 109 Å². The van der Waals surface area contributed by atoms with Crippen molar-refractivity contribution in [1.82, 2.24) is 0 Å². The van der Waals surface area contributed by atoms with Crippen LogP contribution >= 0.6 is 11.8 Å². The molecule has 1 unspecified atom stereocenters. The van der Waals surface area contributed by atoms with E-state index in [1.54, 1.807) is 18.9 Å². The zero-order valence-electron chi connectivity index (χ0n) is 11.4.